The molecule has 0 aromatic heterocycles. The van der Waals surface area contributed by atoms with Gasteiger partial charge in [0.1, 0.15) is 0 Å². The minimum atomic E-state index is -1.10. The highest BCUT2D eigenvalue weighted by Gasteiger charge is 2.23. The molecule has 2 aromatic rings. The van der Waals surface area contributed by atoms with Gasteiger partial charge in [0.2, 0.25) is 0 Å². The minimum absolute atomic E-state index is 0.412. The summed E-state index contributed by atoms with van der Waals surface area (Å²) >= 11 is 3.31. The monoisotopic (exact) mass is 347 g/mol. The molecule has 0 radical (unpaired) electrons. The predicted molar refractivity (Wildman–Crippen MR) is 83.2 cm³/mol. The molecular weight excluding hydrogens is 334 g/mol. The summed E-state index contributed by atoms with van der Waals surface area (Å²) in [5.74, 6) is -1.51. The number of hydrogen-bond donors (Lipinski definition) is 2. The Bertz CT molecular complexity index is 670. The van der Waals surface area contributed by atoms with Crippen molar-refractivity contribution in [2.75, 3.05) is 0 Å². The summed E-state index contributed by atoms with van der Waals surface area (Å²) in [6, 6.07) is 12.9. The molecule has 5 heteroatoms. The second-order valence-electron chi connectivity index (χ2n) is 4.61. The van der Waals surface area contributed by atoms with Crippen LogP contribution in [-0.2, 0) is 4.79 Å². The lowest BCUT2D eigenvalue weighted by Gasteiger charge is -2.16. The summed E-state index contributed by atoms with van der Waals surface area (Å²) in [5.41, 5.74) is 1.77. The first-order chi connectivity index (χ1) is 9.99. The summed E-state index contributed by atoms with van der Waals surface area (Å²) in [5, 5.41) is 11.9. The van der Waals surface area contributed by atoms with Crippen LogP contribution in [0.2, 0.25) is 0 Å². The van der Waals surface area contributed by atoms with E-state index < -0.39 is 17.9 Å². The summed E-state index contributed by atoms with van der Waals surface area (Å²) in [4.78, 5) is 23.7. The van der Waals surface area contributed by atoms with Crippen molar-refractivity contribution in [3.8, 4) is 0 Å². The molecule has 0 heterocycles. The number of hydrogen-bond acceptors (Lipinski definition) is 2. The average Bonchev–Trinajstić information content (AvgIpc) is 2.47. The first-order valence-corrected chi connectivity index (χ1v) is 7.13. The molecule has 0 saturated carbocycles. The first kappa shape index (κ1) is 15.3. The molecule has 0 aliphatic heterocycles. The topological polar surface area (TPSA) is 66.4 Å². The highest BCUT2D eigenvalue weighted by molar-refractivity contribution is 9.10. The van der Waals surface area contributed by atoms with Crippen molar-refractivity contribution < 1.29 is 14.7 Å². The van der Waals surface area contributed by atoms with Gasteiger partial charge in [-0.2, -0.15) is 0 Å². The van der Waals surface area contributed by atoms with Gasteiger partial charge >= 0.3 is 5.97 Å². The smallest absolute Gasteiger partial charge is 0.330 e. The quantitative estimate of drug-likeness (QED) is 0.891. The number of aliphatic carboxylic acids is 1. The zero-order valence-corrected chi connectivity index (χ0v) is 12.9. The molecule has 2 rings (SSSR count). The van der Waals surface area contributed by atoms with Crippen LogP contribution in [0.1, 0.15) is 27.5 Å². The van der Waals surface area contributed by atoms with E-state index in [0.717, 1.165) is 10.0 Å². The van der Waals surface area contributed by atoms with E-state index in [4.69, 9.17) is 0 Å². The van der Waals surface area contributed by atoms with E-state index in [2.05, 4.69) is 21.2 Å². The fourth-order valence-electron chi connectivity index (χ4n) is 1.98. The molecule has 0 bridgehead atoms. The molecule has 0 fully saturated rings. The highest BCUT2D eigenvalue weighted by atomic mass is 79.9. The number of aryl methyl sites for hydroxylation is 1. The van der Waals surface area contributed by atoms with Crippen LogP contribution in [0, 0.1) is 6.92 Å². The standard InChI is InChI=1S/C16H14BrNO3/c1-10-7-8-12(17)9-13(10)15(19)18-14(16(20)21)11-5-3-2-4-6-11/h2-9,14H,1H3,(H,18,19)(H,20,21)/t14-/m1/s1. The van der Waals surface area contributed by atoms with Gasteiger partial charge in [0, 0.05) is 10.0 Å². The SMILES string of the molecule is Cc1ccc(Br)cc1C(=O)N[C@@H](C(=O)O)c1ccccc1. The Morgan fingerprint density at radius 3 is 2.43 bits per heavy atom. The van der Waals surface area contributed by atoms with Crippen molar-refractivity contribution >= 4 is 27.8 Å². The molecule has 21 heavy (non-hydrogen) atoms. The average molecular weight is 348 g/mol. The number of amides is 1. The van der Waals surface area contributed by atoms with E-state index in [1.165, 1.54) is 0 Å². The van der Waals surface area contributed by atoms with Crippen molar-refractivity contribution in [1.29, 1.82) is 0 Å². The Labute approximate surface area is 130 Å². The van der Waals surface area contributed by atoms with Gasteiger partial charge in [-0.1, -0.05) is 52.3 Å². The third kappa shape index (κ3) is 3.70. The number of nitrogens with one attached hydrogen (secondary N) is 1. The van der Waals surface area contributed by atoms with Crippen LogP contribution >= 0.6 is 15.9 Å². The third-order valence-electron chi connectivity index (χ3n) is 3.10. The number of rotatable bonds is 4. The summed E-state index contributed by atoms with van der Waals surface area (Å²) < 4.78 is 0.768. The minimum Gasteiger partial charge on any atom is -0.479 e. The number of carboxylic acid groups (broad SMARTS) is 1. The Hall–Kier alpha value is -2.14. The summed E-state index contributed by atoms with van der Waals surface area (Å²) in [6.45, 7) is 1.81. The van der Waals surface area contributed by atoms with Crippen molar-refractivity contribution in [2.45, 2.75) is 13.0 Å². The maximum atomic E-state index is 12.3. The van der Waals surface area contributed by atoms with E-state index in [1.54, 1.807) is 49.4 Å². The molecule has 1 amide bonds. The van der Waals surface area contributed by atoms with Crippen LogP contribution in [0.15, 0.2) is 53.0 Å². The van der Waals surface area contributed by atoms with E-state index in [0.29, 0.717) is 11.1 Å². The zero-order chi connectivity index (χ0) is 15.4. The fraction of sp³-hybridized carbons (Fsp3) is 0.125. The summed E-state index contributed by atoms with van der Waals surface area (Å²) in [7, 11) is 0. The van der Waals surface area contributed by atoms with Crippen LogP contribution in [-0.4, -0.2) is 17.0 Å². The van der Waals surface area contributed by atoms with Crippen molar-refractivity contribution in [1.82, 2.24) is 5.32 Å². The Morgan fingerprint density at radius 2 is 1.81 bits per heavy atom. The van der Waals surface area contributed by atoms with Crippen LogP contribution in [0.3, 0.4) is 0 Å². The van der Waals surface area contributed by atoms with Crippen LogP contribution < -0.4 is 5.32 Å². The molecule has 2 aromatic carbocycles. The van der Waals surface area contributed by atoms with Gasteiger partial charge in [0.25, 0.3) is 5.91 Å². The Balaban J connectivity index is 2.27. The number of benzene rings is 2. The molecule has 0 aliphatic carbocycles. The van der Waals surface area contributed by atoms with E-state index >= 15 is 0 Å². The maximum Gasteiger partial charge on any atom is 0.330 e. The normalized spacial score (nSPS) is 11.7. The van der Waals surface area contributed by atoms with Crippen LogP contribution in [0.25, 0.3) is 0 Å². The molecule has 0 spiro atoms. The zero-order valence-electron chi connectivity index (χ0n) is 11.3. The molecule has 2 N–H and O–H groups in total. The molecule has 1 atom stereocenters. The second kappa shape index (κ2) is 6.54. The van der Waals surface area contributed by atoms with Crippen molar-refractivity contribution in [3.05, 3.63) is 69.7 Å². The predicted octanol–water partition coefficient (Wildman–Crippen LogP) is 3.31. The number of halogens is 1. The molecule has 108 valence electrons. The number of carbonyl (C=O) groups is 2. The molecular formula is C16H14BrNO3. The molecule has 0 aliphatic rings. The van der Waals surface area contributed by atoms with Crippen molar-refractivity contribution in [3.63, 3.8) is 0 Å². The molecule has 0 unspecified atom stereocenters. The van der Waals surface area contributed by atoms with Gasteiger partial charge in [-0.15, -0.1) is 0 Å². The molecule has 4 nitrogen and oxygen atoms in total. The van der Waals surface area contributed by atoms with E-state index in [9.17, 15) is 14.7 Å². The summed E-state index contributed by atoms with van der Waals surface area (Å²) in [6.07, 6.45) is 0. The van der Waals surface area contributed by atoms with Crippen molar-refractivity contribution in [2.24, 2.45) is 0 Å². The van der Waals surface area contributed by atoms with Crippen LogP contribution in [0.5, 0.6) is 0 Å². The third-order valence-corrected chi connectivity index (χ3v) is 3.59. The maximum absolute atomic E-state index is 12.3. The van der Waals surface area contributed by atoms with E-state index in [-0.39, 0.29) is 0 Å². The van der Waals surface area contributed by atoms with Gasteiger partial charge in [0.15, 0.2) is 6.04 Å². The van der Waals surface area contributed by atoms with Gasteiger partial charge in [0.05, 0.1) is 0 Å². The second-order valence-corrected chi connectivity index (χ2v) is 5.53. The number of carbonyl (C=O) groups excluding carboxylic acids is 1. The lowest BCUT2D eigenvalue weighted by molar-refractivity contribution is -0.139. The lowest BCUT2D eigenvalue weighted by Crippen LogP contribution is -2.34. The lowest BCUT2D eigenvalue weighted by atomic mass is 10.0. The number of carboxylic acids is 1. The van der Waals surface area contributed by atoms with Gasteiger partial charge < -0.3 is 10.4 Å². The largest absolute Gasteiger partial charge is 0.479 e. The van der Waals surface area contributed by atoms with Gasteiger partial charge in [-0.05, 0) is 30.2 Å². The van der Waals surface area contributed by atoms with Gasteiger partial charge in [-0.25, -0.2) is 4.79 Å². The van der Waals surface area contributed by atoms with Crippen LogP contribution in [0.4, 0.5) is 0 Å². The first-order valence-electron chi connectivity index (χ1n) is 6.34. The fourth-order valence-corrected chi connectivity index (χ4v) is 2.34. The Kier molecular flexibility index (Phi) is 4.75. The highest BCUT2D eigenvalue weighted by Crippen LogP contribution is 2.18. The Morgan fingerprint density at radius 1 is 1.14 bits per heavy atom. The van der Waals surface area contributed by atoms with Gasteiger partial charge in [-0.3, -0.25) is 4.79 Å². The van der Waals surface area contributed by atoms with E-state index in [1.807, 2.05) is 6.07 Å². The molecule has 0 saturated heterocycles.